The minimum absolute atomic E-state index is 0.0549. The minimum atomic E-state index is -0.516. The van der Waals surface area contributed by atoms with Gasteiger partial charge >= 0.3 is 0 Å². The van der Waals surface area contributed by atoms with Gasteiger partial charge in [-0.2, -0.15) is 5.26 Å². The quantitative estimate of drug-likeness (QED) is 0.517. The highest BCUT2D eigenvalue weighted by Crippen LogP contribution is 2.47. The van der Waals surface area contributed by atoms with Crippen LogP contribution in [0.2, 0.25) is 15.1 Å². The van der Waals surface area contributed by atoms with Gasteiger partial charge < -0.3 is 5.32 Å². The Morgan fingerprint density at radius 3 is 2.60 bits per heavy atom. The van der Waals surface area contributed by atoms with Gasteiger partial charge in [0.1, 0.15) is 0 Å². The molecule has 0 amide bonds. The molecular formula is C23H17Cl3N2OS. The van der Waals surface area contributed by atoms with Crippen LogP contribution in [0.5, 0.6) is 0 Å². The van der Waals surface area contributed by atoms with Crippen LogP contribution in [0.1, 0.15) is 36.3 Å². The van der Waals surface area contributed by atoms with Crippen LogP contribution in [-0.4, -0.2) is 5.78 Å². The summed E-state index contributed by atoms with van der Waals surface area (Å²) in [6.45, 7) is 0. The number of carbonyl (C=O) groups is 1. The van der Waals surface area contributed by atoms with E-state index in [0.717, 1.165) is 29.1 Å². The van der Waals surface area contributed by atoms with Crippen LogP contribution in [-0.2, 0) is 10.5 Å². The second-order valence-corrected chi connectivity index (χ2v) is 9.35. The number of carbonyl (C=O) groups excluding carboxylic acids is 1. The molecule has 0 saturated carbocycles. The first-order chi connectivity index (χ1) is 14.5. The summed E-state index contributed by atoms with van der Waals surface area (Å²) in [6, 6.07) is 15.3. The van der Waals surface area contributed by atoms with E-state index in [4.69, 9.17) is 34.8 Å². The Hall–Kier alpha value is -1.90. The Morgan fingerprint density at radius 2 is 1.87 bits per heavy atom. The molecule has 152 valence electrons. The molecule has 7 heteroatoms. The molecule has 2 aliphatic rings. The Balaban J connectivity index is 1.77. The van der Waals surface area contributed by atoms with Crippen molar-refractivity contribution in [3.05, 3.63) is 90.5 Å². The van der Waals surface area contributed by atoms with Crippen molar-refractivity contribution in [3.8, 4) is 6.07 Å². The van der Waals surface area contributed by atoms with E-state index in [0.29, 0.717) is 44.0 Å². The second-order valence-electron chi connectivity index (χ2n) is 7.14. The summed E-state index contributed by atoms with van der Waals surface area (Å²) in [5.74, 6) is 0.203. The number of dihydropyridines is 1. The fraction of sp³-hybridized carbons (Fsp3) is 0.217. The first kappa shape index (κ1) is 21.3. The molecule has 2 aromatic rings. The fourth-order valence-electron chi connectivity index (χ4n) is 3.83. The Kier molecular flexibility index (Phi) is 6.46. The normalized spacial score (nSPS) is 18.7. The first-order valence-corrected chi connectivity index (χ1v) is 11.6. The van der Waals surface area contributed by atoms with Crippen LogP contribution in [0.3, 0.4) is 0 Å². The summed E-state index contributed by atoms with van der Waals surface area (Å²) in [6.07, 6.45) is 2.03. The molecule has 30 heavy (non-hydrogen) atoms. The van der Waals surface area contributed by atoms with Crippen molar-refractivity contribution in [2.45, 2.75) is 30.9 Å². The van der Waals surface area contributed by atoms with Gasteiger partial charge in [-0.1, -0.05) is 59.1 Å². The minimum Gasteiger partial charge on any atom is -0.352 e. The number of nitrogens with zero attached hydrogens (tertiary/aromatic N) is 1. The third kappa shape index (κ3) is 4.13. The molecule has 3 nitrogen and oxygen atoms in total. The van der Waals surface area contributed by atoms with Crippen LogP contribution in [0.4, 0.5) is 0 Å². The van der Waals surface area contributed by atoms with Crippen molar-refractivity contribution in [2.75, 3.05) is 0 Å². The van der Waals surface area contributed by atoms with Gasteiger partial charge in [0.05, 0.1) is 32.6 Å². The lowest BCUT2D eigenvalue weighted by molar-refractivity contribution is -0.116. The van der Waals surface area contributed by atoms with Crippen LogP contribution in [0.15, 0.2) is 64.3 Å². The molecule has 0 fully saturated rings. The standard InChI is InChI=1S/C23H17Cl3N2OS/c24-14-9-7-13(8-10-14)12-30-23-16(11-27)20(15-3-1-4-17(25)22(15)26)21-18(28-23)5-2-6-19(21)29/h1,3-4,7-10,20,28H,2,5-6,12H2. The maximum Gasteiger partial charge on any atom is 0.161 e. The van der Waals surface area contributed by atoms with Gasteiger partial charge in [-0.3, -0.25) is 4.79 Å². The highest BCUT2D eigenvalue weighted by molar-refractivity contribution is 8.02. The highest BCUT2D eigenvalue weighted by atomic mass is 35.5. The third-order valence-corrected chi connectivity index (χ3v) is 7.43. The van der Waals surface area contributed by atoms with Gasteiger partial charge in [-0.25, -0.2) is 0 Å². The molecule has 0 saturated heterocycles. The molecule has 1 aliphatic heterocycles. The second kappa shape index (κ2) is 9.08. The van der Waals surface area contributed by atoms with Crippen molar-refractivity contribution >= 4 is 52.3 Å². The Bertz CT molecular complexity index is 1120. The average Bonchev–Trinajstić information content (AvgIpc) is 2.74. The number of hydrogen-bond acceptors (Lipinski definition) is 4. The van der Waals surface area contributed by atoms with Crippen molar-refractivity contribution in [1.82, 2.24) is 5.32 Å². The van der Waals surface area contributed by atoms with Gasteiger partial charge in [0, 0.05) is 28.5 Å². The summed E-state index contributed by atoms with van der Waals surface area (Å²) in [5, 5.41) is 15.7. The number of hydrogen-bond donors (Lipinski definition) is 1. The van der Waals surface area contributed by atoms with Crippen molar-refractivity contribution in [3.63, 3.8) is 0 Å². The molecular weight excluding hydrogens is 459 g/mol. The fourth-order valence-corrected chi connectivity index (χ4v) is 5.39. The molecule has 1 N–H and O–H groups in total. The average molecular weight is 476 g/mol. The third-order valence-electron chi connectivity index (χ3n) is 5.25. The molecule has 1 heterocycles. The van der Waals surface area contributed by atoms with Gasteiger partial charge in [0.25, 0.3) is 0 Å². The van der Waals surface area contributed by atoms with Crippen LogP contribution >= 0.6 is 46.6 Å². The molecule has 1 aliphatic carbocycles. The van der Waals surface area contributed by atoms with Crippen molar-refractivity contribution in [1.29, 1.82) is 5.26 Å². The summed E-state index contributed by atoms with van der Waals surface area (Å²) < 4.78 is 0. The number of nitrogens with one attached hydrogen (secondary N) is 1. The zero-order valence-electron chi connectivity index (χ0n) is 15.8. The van der Waals surface area contributed by atoms with Crippen LogP contribution in [0, 0.1) is 11.3 Å². The number of thioether (sulfide) groups is 1. The Labute approximate surface area is 194 Å². The zero-order chi connectivity index (χ0) is 21.3. The van der Waals surface area contributed by atoms with Crippen LogP contribution < -0.4 is 5.32 Å². The molecule has 2 aromatic carbocycles. The van der Waals surface area contributed by atoms with E-state index in [1.165, 1.54) is 11.8 Å². The van der Waals surface area contributed by atoms with E-state index in [2.05, 4.69) is 11.4 Å². The summed E-state index contributed by atoms with van der Waals surface area (Å²) >= 11 is 20.3. The highest BCUT2D eigenvalue weighted by Gasteiger charge is 2.38. The van der Waals surface area contributed by atoms with E-state index < -0.39 is 5.92 Å². The lowest BCUT2D eigenvalue weighted by Gasteiger charge is -2.33. The number of ketones is 1. The molecule has 4 rings (SSSR count). The maximum atomic E-state index is 12.9. The lowest BCUT2D eigenvalue weighted by Crippen LogP contribution is -2.31. The van der Waals surface area contributed by atoms with E-state index in [1.807, 2.05) is 30.3 Å². The first-order valence-electron chi connectivity index (χ1n) is 9.48. The number of halogens is 3. The van der Waals surface area contributed by atoms with E-state index >= 15 is 0 Å². The summed E-state index contributed by atoms with van der Waals surface area (Å²) in [5.41, 5.74) is 3.79. The molecule has 1 unspecified atom stereocenters. The molecule has 1 atom stereocenters. The van der Waals surface area contributed by atoms with Gasteiger partial charge in [0.2, 0.25) is 0 Å². The Morgan fingerprint density at radius 1 is 1.10 bits per heavy atom. The topological polar surface area (TPSA) is 52.9 Å². The molecule has 0 radical (unpaired) electrons. The van der Waals surface area contributed by atoms with Crippen molar-refractivity contribution < 1.29 is 4.79 Å². The van der Waals surface area contributed by atoms with E-state index in [9.17, 15) is 10.1 Å². The SMILES string of the molecule is N#CC1=C(SCc2ccc(Cl)cc2)NC2=C(C(=O)CCC2)C1c1cccc(Cl)c1Cl. The number of allylic oxidation sites excluding steroid dienone is 3. The zero-order valence-corrected chi connectivity index (χ0v) is 18.9. The van der Waals surface area contributed by atoms with E-state index in [-0.39, 0.29) is 5.78 Å². The molecule has 0 aromatic heterocycles. The number of rotatable bonds is 4. The van der Waals surface area contributed by atoms with Crippen LogP contribution in [0.25, 0.3) is 0 Å². The number of Topliss-reactive ketones (excluding diaryl/α,β-unsaturated/α-hetero) is 1. The smallest absolute Gasteiger partial charge is 0.161 e. The summed E-state index contributed by atoms with van der Waals surface area (Å²) in [7, 11) is 0. The van der Waals surface area contributed by atoms with Gasteiger partial charge in [-0.05, 0) is 42.2 Å². The lowest BCUT2D eigenvalue weighted by atomic mass is 9.77. The number of nitriles is 1. The maximum absolute atomic E-state index is 12.9. The van der Waals surface area contributed by atoms with Gasteiger partial charge in [-0.15, -0.1) is 11.8 Å². The predicted molar refractivity (Wildman–Crippen MR) is 124 cm³/mol. The number of benzene rings is 2. The molecule has 0 spiro atoms. The largest absolute Gasteiger partial charge is 0.352 e. The van der Waals surface area contributed by atoms with Gasteiger partial charge in [0.15, 0.2) is 5.78 Å². The summed E-state index contributed by atoms with van der Waals surface area (Å²) in [4.78, 5) is 12.9. The molecule has 0 bridgehead atoms. The predicted octanol–water partition coefficient (Wildman–Crippen LogP) is 7.01. The van der Waals surface area contributed by atoms with E-state index in [1.54, 1.807) is 12.1 Å². The van der Waals surface area contributed by atoms with Crippen molar-refractivity contribution in [2.24, 2.45) is 0 Å². The monoisotopic (exact) mass is 474 g/mol.